The summed E-state index contributed by atoms with van der Waals surface area (Å²) in [5, 5.41) is 3.61. The molecule has 1 saturated heterocycles. The summed E-state index contributed by atoms with van der Waals surface area (Å²) in [6, 6.07) is 6.25. The number of piperidine rings is 1. The van der Waals surface area contributed by atoms with Crippen LogP contribution in [0.4, 0.5) is 17.6 Å². The van der Waals surface area contributed by atoms with Gasteiger partial charge >= 0.3 is 0 Å². The van der Waals surface area contributed by atoms with E-state index in [-0.39, 0.29) is 5.92 Å². The summed E-state index contributed by atoms with van der Waals surface area (Å²) in [5.74, 6) is 4.15. The molecular weight excluding hydrogens is 368 g/mol. The Kier molecular flexibility index (Phi) is 6.61. The van der Waals surface area contributed by atoms with E-state index < -0.39 is 0 Å². The van der Waals surface area contributed by atoms with Gasteiger partial charge in [-0.2, -0.15) is 15.0 Å². The van der Waals surface area contributed by atoms with E-state index in [9.17, 15) is 0 Å². The molecule has 3 rings (SSSR count). The lowest BCUT2D eigenvalue weighted by Crippen LogP contribution is -2.40. The van der Waals surface area contributed by atoms with Crippen molar-refractivity contribution in [3.05, 3.63) is 24.0 Å². The third kappa shape index (κ3) is 5.19. The summed E-state index contributed by atoms with van der Waals surface area (Å²) in [5.41, 5.74) is 1.01. The maximum absolute atomic E-state index is 5.37. The number of nitrogens with zero attached hydrogens (tertiary/aromatic N) is 5. The number of methoxy groups -OCH3 is 2. The quantitative estimate of drug-likeness (QED) is 0.760. The van der Waals surface area contributed by atoms with Crippen molar-refractivity contribution in [1.82, 2.24) is 15.0 Å². The van der Waals surface area contributed by atoms with Crippen molar-refractivity contribution in [1.29, 1.82) is 0 Å². The third-order valence-electron chi connectivity index (χ3n) is 5.05. The van der Waals surface area contributed by atoms with Crippen LogP contribution in [-0.2, 0) is 0 Å². The van der Waals surface area contributed by atoms with Gasteiger partial charge in [-0.3, -0.25) is 0 Å². The second kappa shape index (κ2) is 9.15. The zero-order valence-electron chi connectivity index (χ0n) is 18.3. The molecule has 0 saturated carbocycles. The Balaban J connectivity index is 1.68. The molecule has 0 spiro atoms. The van der Waals surface area contributed by atoms with Crippen molar-refractivity contribution in [2.24, 2.45) is 0 Å². The highest BCUT2D eigenvalue weighted by molar-refractivity contribution is 5.54. The molecule has 8 nitrogen and oxygen atoms in total. The molecule has 1 aliphatic rings. The Hall–Kier alpha value is -2.77. The molecule has 2 aromatic rings. The van der Waals surface area contributed by atoms with Gasteiger partial charge in [0.2, 0.25) is 11.9 Å². The maximum Gasteiger partial charge on any atom is 0.230 e. The molecule has 0 atom stereocenters. The van der Waals surface area contributed by atoms with Gasteiger partial charge < -0.3 is 24.6 Å². The summed E-state index contributed by atoms with van der Waals surface area (Å²) in [6.07, 6.45) is 2.00. The fraction of sp³-hybridized carbons (Fsp3) is 0.571. The van der Waals surface area contributed by atoms with Crippen LogP contribution in [0.2, 0.25) is 0 Å². The maximum atomic E-state index is 5.37. The first-order valence-electron chi connectivity index (χ1n) is 10.1. The molecule has 1 aliphatic heterocycles. The van der Waals surface area contributed by atoms with E-state index in [1.807, 2.05) is 37.2 Å². The number of benzene rings is 1. The summed E-state index contributed by atoms with van der Waals surface area (Å²) >= 11 is 0. The fourth-order valence-electron chi connectivity index (χ4n) is 3.32. The minimum Gasteiger partial charge on any atom is -0.497 e. The Morgan fingerprint density at radius 1 is 1.00 bits per heavy atom. The van der Waals surface area contributed by atoms with Gasteiger partial charge in [-0.05, 0) is 12.8 Å². The monoisotopic (exact) mass is 400 g/mol. The van der Waals surface area contributed by atoms with Crippen LogP contribution in [-0.4, -0.2) is 62.4 Å². The minimum atomic E-state index is 0.262. The first-order chi connectivity index (χ1) is 13.9. The molecule has 0 radical (unpaired) electrons. The lowest BCUT2D eigenvalue weighted by Gasteiger charge is -2.33. The van der Waals surface area contributed by atoms with Crippen LogP contribution in [0.1, 0.15) is 38.4 Å². The highest BCUT2D eigenvalue weighted by Crippen LogP contribution is 2.28. The van der Waals surface area contributed by atoms with Gasteiger partial charge in [-0.1, -0.05) is 13.8 Å². The highest BCUT2D eigenvalue weighted by Gasteiger charge is 2.23. The zero-order valence-corrected chi connectivity index (χ0v) is 18.3. The van der Waals surface area contributed by atoms with E-state index in [0.717, 1.165) is 54.9 Å². The van der Waals surface area contributed by atoms with E-state index >= 15 is 0 Å². The second-order valence-electron chi connectivity index (χ2n) is 7.85. The molecular formula is C21H32N6O2. The standard InChI is InChI=1S/C21H32N6O2/c1-14(2)19-23-20(26(3)4)25-21(24-19)27-9-7-15(8-10-27)22-16-11-17(28-5)13-18(12-16)29-6/h11-15,22H,7-10H2,1-6H3. The predicted molar refractivity (Wildman–Crippen MR) is 117 cm³/mol. The summed E-state index contributed by atoms with van der Waals surface area (Å²) in [4.78, 5) is 18.1. The molecule has 0 unspecified atom stereocenters. The van der Waals surface area contributed by atoms with E-state index in [1.54, 1.807) is 14.2 Å². The predicted octanol–water partition coefficient (Wildman–Crippen LogP) is 3.16. The largest absolute Gasteiger partial charge is 0.497 e. The number of anilines is 3. The molecule has 1 fully saturated rings. The number of ether oxygens (including phenoxy) is 2. The Labute approximate surface area is 173 Å². The molecule has 1 aromatic heterocycles. The first-order valence-corrected chi connectivity index (χ1v) is 10.1. The second-order valence-corrected chi connectivity index (χ2v) is 7.85. The van der Waals surface area contributed by atoms with E-state index in [4.69, 9.17) is 14.5 Å². The lowest BCUT2D eigenvalue weighted by molar-refractivity contribution is 0.394. The van der Waals surface area contributed by atoms with E-state index in [2.05, 4.69) is 34.0 Å². The van der Waals surface area contributed by atoms with Crippen molar-refractivity contribution < 1.29 is 9.47 Å². The van der Waals surface area contributed by atoms with Crippen molar-refractivity contribution in [3.8, 4) is 11.5 Å². The normalized spacial score (nSPS) is 14.8. The molecule has 29 heavy (non-hydrogen) atoms. The van der Waals surface area contributed by atoms with Crippen LogP contribution in [0.15, 0.2) is 18.2 Å². The molecule has 1 N–H and O–H groups in total. The Morgan fingerprint density at radius 3 is 2.14 bits per heavy atom. The first kappa shape index (κ1) is 21.0. The van der Waals surface area contributed by atoms with Gasteiger partial charge in [0, 0.05) is 63.0 Å². The van der Waals surface area contributed by atoms with Gasteiger partial charge in [-0.15, -0.1) is 0 Å². The summed E-state index contributed by atoms with van der Waals surface area (Å²) < 4.78 is 10.7. The van der Waals surface area contributed by atoms with Gasteiger partial charge in [0.05, 0.1) is 14.2 Å². The average molecular weight is 401 g/mol. The van der Waals surface area contributed by atoms with E-state index in [1.165, 1.54) is 0 Å². The van der Waals surface area contributed by atoms with Crippen molar-refractivity contribution in [2.75, 3.05) is 56.5 Å². The smallest absolute Gasteiger partial charge is 0.230 e. The summed E-state index contributed by atoms with van der Waals surface area (Å²) in [7, 11) is 7.25. The number of hydrogen-bond acceptors (Lipinski definition) is 8. The molecule has 0 aliphatic carbocycles. The number of hydrogen-bond donors (Lipinski definition) is 1. The van der Waals surface area contributed by atoms with Crippen LogP contribution in [0.5, 0.6) is 11.5 Å². The van der Waals surface area contributed by atoms with Gasteiger partial charge in [0.25, 0.3) is 0 Å². The van der Waals surface area contributed by atoms with Crippen molar-refractivity contribution in [3.63, 3.8) is 0 Å². The summed E-state index contributed by atoms with van der Waals surface area (Å²) in [6.45, 7) is 6.01. The van der Waals surface area contributed by atoms with Crippen LogP contribution in [0.25, 0.3) is 0 Å². The van der Waals surface area contributed by atoms with Crippen molar-refractivity contribution in [2.45, 2.75) is 38.6 Å². The number of rotatable bonds is 7. The van der Waals surface area contributed by atoms with Crippen LogP contribution < -0.4 is 24.6 Å². The number of nitrogens with one attached hydrogen (secondary N) is 1. The SMILES string of the molecule is COc1cc(NC2CCN(c3nc(C(C)C)nc(N(C)C)n3)CC2)cc(OC)c1. The van der Waals surface area contributed by atoms with Gasteiger partial charge in [0.15, 0.2) is 0 Å². The zero-order chi connectivity index (χ0) is 21.0. The highest BCUT2D eigenvalue weighted by atomic mass is 16.5. The Morgan fingerprint density at radius 2 is 1.62 bits per heavy atom. The lowest BCUT2D eigenvalue weighted by atomic mass is 10.0. The molecule has 0 bridgehead atoms. The van der Waals surface area contributed by atoms with E-state index in [0.29, 0.717) is 12.0 Å². The molecule has 2 heterocycles. The topological polar surface area (TPSA) is 75.6 Å². The number of aromatic nitrogens is 3. The van der Waals surface area contributed by atoms with Gasteiger partial charge in [0.1, 0.15) is 17.3 Å². The van der Waals surface area contributed by atoms with Crippen molar-refractivity contribution >= 4 is 17.6 Å². The molecule has 0 amide bonds. The van der Waals surface area contributed by atoms with Gasteiger partial charge in [-0.25, -0.2) is 0 Å². The molecule has 1 aromatic carbocycles. The average Bonchev–Trinajstić information content (AvgIpc) is 2.73. The fourth-order valence-corrected chi connectivity index (χ4v) is 3.32. The Bertz CT molecular complexity index is 770. The van der Waals surface area contributed by atoms with Crippen LogP contribution in [0.3, 0.4) is 0 Å². The third-order valence-corrected chi connectivity index (χ3v) is 5.05. The minimum absolute atomic E-state index is 0.262. The van der Waals surface area contributed by atoms with Crippen LogP contribution >= 0.6 is 0 Å². The van der Waals surface area contributed by atoms with Crippen LogP contribution in [0, 0.1) is 0 Å². The molecule has 158 valence electrons. The molecule has 8 heteroatoms.